The van der Waals surface area contributed by atoms with E-state index in [1.807, 2.05) is 17.4 Å². The average Bonchev–Trinajstić information content (AvgIpc) is 2.97. The van der Waals surface area contributed by atoms with Crippen molar-refractivity contribution < 1.29 is 0 Å². The van der Waals surface area contributed by atoms with Gasteiger partial charge in [-0.2, -0.15) is 4.37 Å². The van der Waals surface area contributed by atoms with Crippen LogP contribution in [0.5, 0.6) is 0 Å². The summed E-state index contributed by atoms with van der Waals surface area (Å²) >= 11 is 3.43. The molecule has 19 heavy (non-hydrogen) atoms. The number of benzene rings is 1. The minimum atomic E-state index is 0.418. The van der Waals surface area contributed by atoms with Crippen molar-refractivity contribution >= 4 is 38.8 Å². The number of nitrogens with zero attached hydrogens (tertiary/aromatic N) is 1. The fourth-order valence-electron chi connectivity index (χ4n) is 2.16. The summed E-state index contributed by atoms with van der Waals surface area (Å²) in [6, 6.07) is 13.1. The van der Waals surface area contributed by atoms with E-state index in [9.17, 15) is 0 Å². The molecule has 0 bridgehead atoms. The number of thiophene rings is 1. The van der Waals surface area contributed by atoms with Gasteiger partial charge in [-0.05, 0) is 49.6 Å². The Morgan fingerprint density at radius 2 is 2.05 bits per heavy atom. The highest BCUT2D eigenvalue weighted by Gasteiger charge is 2.10. The largest absolute Gasteiger partial charge is 0.372 e. The third kappa shape index (κ3) is 2.80. The molecule has 2 nitrogen and oxygen atoms in total. The van der Waals surface area contributed by atoms with Gasteiger partial charge in [0.25, 0.3) is 0 Å². The van der Waals surface area contributed by atoms with Crippen LogP contribution in [0.25, 0.3) is 10.9 Å². The molecule has 0 spiro atoms. The van der Waals surface area contributed by atoms with Crippen molar-refractivity contribution in [2.75, 3.05) is 5.32 Å². The molecule has 2 heterocycles. The Bertz CT molecular complexity index is 684. The summed E-state index contributed by atoms with van der Waals surface area (Å²) in [6.45, 7) is 4.38. The number of hydrogen-bond donors (Lipinski definition) is 1. The maximum Gasteiger partial charge on any atom is 0.117 e. The van der Waals surface area contributed by atoms with E-state index in [0.717, 1.165) is 11.9 Å². The van der Waals surface area contributed by atoms with E-state index in [2.05, 4.69) is 53.9 Å². The van der Waals surface area contributed by atoms with Gasteiger partial charge in [-0.3, -0.25) is 0 Å². The van der Waals surface area contributed by atoms with Gasteiger partial charge in [-0.25, -0.2) is 0 Å². The number of anilines is 1. The molecule has 0 saturated carbocycles. The summed E-state index contributed by atoms with van der Waals surface area (Å²) in [4.78, 5) is 2.82. The smallest absolute Gasteiger partial charge is 0.117 e. The van der Waals surface area contributed by atoms with Crippen molar-refractivity contribution in [2.24, 2.45) is 0 Å². The zero-order valence-electron chi connectivity index (χ0n) is 11.0. The summed E-state index contributed by atoms with van der Waals surface area (Å²) in [7, 11) is 0. The lowest BCUT2D eigenvalue weighted by Crippen LogP contribution is -2.16. The van der Waals surface area contributed by atoms with E-state index in [0.29, 0.717) is 6.04 Å². The Labute approximate surface area is 121 Å². The van der Waals surface area contributed by atoms with Crippen LogP contribution in [0.4, 0.5) is 5.00 Å². The summed E-state index contributed by atoms with van der Waals surface area (Å²) in [5, 5.41) is 5.99. The van der Waals surface area contributed by atoms with Gasteiger partial charge in [0, 0.05) is 27.6 Å². The zero-order chi connectivity index (χ0) is 13.2. The molecule has 3 rings (SSSR count). The first-order valence-electron chi connectivity index (χ1n) is 6.38. The molecule has 0 aliphatic heterocycles. The minimum absolute atomic E-state index is 0.418. The second-order valence-corrected chi connectivity index (χ2v) is 6.94. The Balaban J connectivity index is 1.74. The lowest BCUT2D eigenvalue weighted by Gasteiger charge is -2.12. The third-order valence-corrected chi connectivity index (χ3v) is 4.90. The molecule has 2 aromatic heterocycles. The van der Waals surface area contributed by atoms with Crippen molar-refractivity contribution in [1.82, 2.24) is 4.37 Å². The minimum Gasteiger partial charge on any atom is -0.372 e. The van der Waals surface area contributed by atoms with Crippen molar-refractivity contribution in [3.8, 4) is 0 Å². The zero-order valence-corrected chi connectivity index (χ0v) is 12.6. The van der Waals surface area contributed by atoms with Crippen LogP contribution in [0.15, 0.2) is 36.4 Å². The van der Waals surface area contributed by atoms with Gasteiger partial charge in [0.2, 0.25) is 0 Å². The van der Waals surface area contributed by atoms with Gasteiger partial charge in [-0.15, -0.1) is 11.3 Å². The molecular weight excluding hydrogens is 272 g/mol. The average molecular weight is 288 g/mol. The Morgan fingerprint density at radius 3 is 2.84 bits per heavy atom. The van der Waals surface area contributed by atoms with Gasteiger partial charge >= 0.3 is 0 Å². The number of nitrogens with one attached hydrogen (secondary N) is 1. The van der Waals surface area contributed by atoms with Crippen LogP contribution in [-0.4, -0.2) is 10.4 Å². The van der Waals surface area contributed by atoms with E-state index < -0.39 is 0 Å². The van der Waals surface area contributed by atoms with E-state index >= 15 is 0 Å². The highest BCUT2D eigenvalue weighted by atomic mass is 32.1. The molecule has 0 radical (unpaired) electrons. The molecule has 0 aliphatic carbocycles. The standard InChI is InChI=1S/C15H16N2S2/c1-10(9-12-8-7-11(2)18-12)16-15-13-5-3-4-6-14(13)17-19-15/h3-8,10,16H,9H2,1-2H3. The van der Waals surface area contributed by atoms with E-state index in [-0.39, 0.29) is 0 Å². The van der Waals surface area contributed by atoms with Crippen LogP contribution in [0.3, 0.4) is 0 Å². The second-order valence-electron chi connectivity index (χ2n) is 4.79. The van der Waals surface area contributed by atoms with Gasteiger partial charge in [0.05, 0.1) is 5.52 Å². The third-order valence-electron chi connectivity index (χ3n) is 3.06. The number of hydrogen-bond acceptors (Lipinski definition) is 4. The molecule has 1 aromatic carbocycles. The fraction of sp³-hybridized carbons (Fsp3) is 0.267. The molecule has 98 valence electrons. The van der Waals surface area contributed by atoms with Crippen LogP contribution in [0.1, 0.15) is 16.7 Å². The second kappa shape index (κ2) is 5.31. The molecule has 4 heteroatoms. The highest BCUT2D eigenvalue weighted by Crippen LogP contribution is 2.28. The number of rotatable bonds is 4. The molecule has 1 N–H and O–H groups in total. The number of aromatic nitrogens is 1. The summed E-state index contributed by atoms with van der Waals surface area (Å²) in [5.41, 5.74) is 1.08. The molecule has 0 fully saturated rings. The van der Waals surface area contributed by atoms with Crippen LogP contribution in [0, 0.1) is 6.92 Å². The van der Waals surface area contributed by atoms with Crippen molar-refractivity contribution in [2.45, 2.75) is 26.3 Å². The number of aryl methyl sites for hydroxylation is 1. The Morgan fingerprint density at radius 1 is 1.21 bits per heavy atom. The van der Waals surface area contributed by atoms with Crippen LogP contribution in [0.2, 0.25) is 0 Å². The molecule has 3 aromatic rings. The first kappa shape index (κ1) is 12.6. The van der Waals surface area contributed by atoms with E-state index in [1.54, 1.807) is 11.5 Å². The normalized spacial score (nSPS) is 12.7. The van der Waals surface area contributed by atoms with E-state index in [1.165, 1.54) is 20.1 Å². The van der Waals surface area contributed by atoms with Crippen molar-refractivity contribution in [3.05, 3.63) is 46.2 Å². The summed E-state index contributed by atoms with van der Waals surface area (Å²) in [5.74, 6) is 0. The van der Waals surface area contributed by atoms with Crippen LogP contribution < -0.4 is 5.32 Å². The summed E-state index contributed by atoms with van der Waals surface area (Å²) in [6.07, 6.45) is 1.06. The summed E-state index contributed by atoms with van der Waals surface area (Å²) < 4.78 is 4.46. The van der Waals surface area contributed by atoms with Gasteiger partial charge in [-0.1, -0.05) is 12.1 Å². The molecule has 1 atom stereocenters. The van der Waals surface area contributed by atoms with Gasteiger partial charge < -0.3 is 5.32 Å². The predicted octanol–water partition coefficient (Wildman–Crippen LogP) is 4.71. The molecule has 1 unspecified atom stereocenters. The maximum atomic E-state index is 4.46. The van der Waals surface area contributed by atoms with Gasteiger partial charge in [0.1, 0.15) is 5.00 Å². The topological polar surface area (TPSA) is 24.9 Å². The Kier molecular flexibility index (Phi) is 3.53. The monoisotopic (exact) mass is 288 g/mol. The first-order chi connectivity index (χ1) is 9.22. The Hall–Kier alpha value is -1.39. The van der Waals surface area contributed by atoms with Crippen LogP contribution in [-0.2, 0) is 6.42 Å². The first-order valence-corrected chi connectivity index (χ1v) is 7.97. The molecular formula is C15H16N2S2. The fourth-order valence-corrected chi connectivity index (χ4v) is 4.06. The highest BCUT2D eigenvalue weighted by molar-refractivity contribution is 7.12. The predicted molar refractivity (Wildman–Crippen MR) is 85.5 cm³/mol. The number of fused-ring (bicyclic) bond motifs is 1. The SMILES string of the molecule is Cc1ccc(CC(C)Nc2snc3ccccc23)s1. The van der Waals surface area contributed by atoms with Gasteiger partial charge in [0.15, 0.2) is 0 Å². The van der Waals surface area contributed by atoms with Crippen LogP contribution >= 0.6 is 22.9 Å². The molecule has 0 aliphatic rings. The maximum absolute atomic E-state index is 4.46. The molecule has 0 amide bonds. The van der Waals surface area contributed by atoms with Crippen molar-refractivity contribution in [3.63, 3.8) is 0 Å². The quantitative estimate of drug-likeness (QED) is 0.752. The lowest BCUT2D eigenvalue weighted by atomic mass is 10.2. The van der Waals surface area contributed by atoms with Crippen molar-refractivity contribution in [1.29, 1.82) is 0 Å². The molecule has 0 saturated heterocycles. The lowest BCUT2D eigenvalue weighted by molar-refractivity contribution is 0.805. The van der Waals surface area contributed by atoms with E-state index in [4.69, 9.17) is 0 Å².